The van der Waals surface area contributed by atoms with Gasteiger partial charge in [-0.15, -0.1) is 0 Å². The second kappa shape index (κ2) is 11.6. The van der Waals surface area contributed by atoms with Crippen LogP contribution >= 0.6 is 0 Å². The zero-order chi connectivity index (χ0) is 25.9. The number of sulfonamides is 1. The Bertz CT molecular complexity index is 1010. The fourth-order valence-corrected chi connectivity index (χ4v) is 6.43. The van der Waals surface area contributed by atoms with Crippen molar-refractivity contribution in [2.24, 2.45) is 0 Å². The van der Waals surface area contributed by atoms with Gasteiger partial charge in [-0.1, -0.05) is 0 Å². The molecule has 3 atom stereocenters. The van der Waals surface area contributed by atoms with E-state index in [2.05, 4.69) is 10.8 Å². The van der Waals surface area contributed by atoms with E-state index in [9.17, 15) is 13.2 Å². The van der Waals surface area contributed by atoms with Crippen LogP contribution < -0.4 is 14.2 Å². The van der Waals surface area contributed by atoms with E-state index in [-0.39, 0.29) is 31.5 Å². The number of fused-ring (bicyclic) bond motifs is 8. The summed E-state index contributed by atoms with van der Waals surface area (Å²) in [6.07, 6.45) is 5.58. The second-order valence-corrected chi connectivity index (χ2v) is 12.3. The van der Waals surface area contributed by atoms with Crippen molar-refractivity contribution in [3.8, 4) is 11.5 Å². The van der Waals surface area contributed by atoms with E-state index in [4.69, 9.17) is 18.9 Å². The molecule has 202 valence electrons. The van der Waals surface area contributed by atoms with Crippen molar-refractivity contribution in [1.29, 1.82) is 0 Å². The third kappa shape index (κ3) is 6.83. The minimum atomic E-state index is -3.44. The van der Waals surface area contributed by atoms with Gasteiger partial charge in [0.15, 0.2) is 0 Å². The Balaban J connectivity index is 1.54. The average molecular weight is 525 g/mol. The molecule has 0 aromatic heterocycles. The van der Waals surface area contributed by atoms with Gasteiger partial charge in [0, 0.05) is 24.1 Å². The first-order chi connectivity index (χ1) is 17.1. The third-order valence-electron chi connectivity index (χ3n) is 7.21. The van der Waals surface area contributed by atoms with Gasteiger partial charge in [-0.3, -0.25) is 4.90 Å². The van der Waals surface area contributed by atoms with Gasteiger partial charge in [0.05, 0.1) is 44.3 Å². The van der Waals surface area contributed by atoms with Crippen LogP contribution in [-0.4, -0.2) is 75.8 Å². The van der Waals surface area contributed by atoms with E-state index >= 15 is 0 Å². The zero-order valence-corrected chi connectivity index (χ0v) is 22.6. The molecular formula is C26H40N2O7S. The molecule has 4 bridgehead atoms. The van der Waals surface area contributed by atoms with Gasteiger partial charge in [0.25, 0.3) is 0 Å². The Hall–Kier alpha value is -2.04. The number of hydrogen-bond donors (Lipinski definition) is 1. The molecule has 0 spiro atoms. The van der Waals surface area contributed by atoms with E-state index in [1.165, 1.54) is 5.56 Å². The van der Waals surface area contributed by atoms with Crippen molar-refractivity contribution in [2.45, 2.75) is 95.5 Å². The summed E-state index contributed by atoms with van der Waals surface area (Å²) in [6.45, 7) is 6.87. The van der Waals surface area contributed by atoms with Gasteiger partial charge in [0.1, 0.15) is 11.5 Å². The molecule has 10 heteroatoms. The maximum Gasteiger partial charge on any atom is 0.410 e. The highest BCUT2D eigenvalue weighted by Gasteiger charge is 2.44. The molecule has 1 aliphatic carbocycles. The SMILES string of the molecule is CC(C)Oc1ccc2cc1C1CCC(CC1)OCC1C(NS(C)(=O)=O)CC(C)N1C(=O)OCCCO2. The first-order valence-electron chi connectivity index (χ1n) is 13.1. The predicted molar refractivity (Wildman–Crippen MR) is 136 cm³/mol. The van der Waals surface area contributed by atoms with Gasteiger partial charge in [-0.25, -0.2) is 17.9 Å². The number of benzene rings is 1. The Morgan fingerprint density at radius 2 is 1.83 bits per heavy atom. The molecule has 3 heterocycles. The molecule has 0 radical (unpaired) electrons. The highest BCUT2D eigenvalue weighted by molar-refractivity contribution is 7.88. The first kappa shape index (κ1) is 27.0. The standard InChI is InChI=1S/C26H40N2O7S/c1-17(2)35-25-11-10-21-15-22(25)19-6-8-20(9-7-19)34-16-24-23(27-36(4,30)31)14-18(3)28(24)26(29)33-13-5-12-32-21/h10-11,15,17-20,23-24,27H,5-9,12-14,16H2,1-4H3. The molecule has 1 amide bonds. The number of carbonyl (C=O) groups is 1. The maximum atomic E-state index is 13.0. The fourth-order valence-electron chi connectivity index (χ4n) is 5.63. The van der Waals surface area contributed by atoms with Crippen molar-refractivity contribution in [1.82, 2.24) is 9.62 Å². The normalized spacial score (nSPS) is 29.9. The topological polar surface area (TPSA) is 103 Å². The minimum Gasteiger partial charge on any atom is -0.493 e. The van der Waals surface area contributed by atoms with Crippen molar-refractivity contribution in [3.63, 3.8) is 0 Å². The monoisotopic (exact) mass is 524 g/mol. The van der Waals surface area contributed by atoms with Gasteiger partial charge in [0.2, 0.25) is 10.0 Å². The number of hydrogen-bond acceptors (Lipinski definition) is 7. The van der Waals surface area contributed by atoms with E-state index in [1.54, 1.807) is 4.90 Å². The Labute approximate surface area is 214 Å². The highest BCUT2D eigenvalue weighted by Crippen LogP contribution is 2.41. The van der Waals surface area contributed by atoms with E-state index in [1.807, 2.05) is 32.9 Å². The molecule has 5 rings (SSSR count). The van der Waals surface area contributed by atoms with Crippen LogP contribution in [0.3, 0.4) is 0 Å². The maximum absolute atomic E-state index is 13.0. The van der Waals surface area contributed by atoms with Crippen LogP contribution in [0, 0.1) is 0 Å². The number of nitrogens with one attached hydrogen (secondary N) is 1. The lowest BCUT2D eigenvalue weighted by Gasteiger charge is -2.33. The summed E-state index contributed by atoms with van der Waals surface area (Å²) < 4.78 is 50.7. The van der Waals surface area contributed by atoms with Gasteiger partial charge >= 0.3 is 6.09 Å². The van der Waals surface area contributed by atoms with Crippen LogP contribution in [0.1, 0.15) is 70.8 Å². The van der Waals surface area contributed by atoms with Crippen molar-refractivity contribution in [3.05, 3.63) is 23.8 Å². The Kier molecular flexibility index (Phi) is 8.67. The average Bonchev–Trinajstić information content (AvgIpc) is 3.10. The summed E-state index contributed by atoms with van der Waals surface area (Å²) in [5.74, 6) is 2.04. The van der Waals surface area contributed by atoms with Crippen LogP contribution in [0.4, 0.5) is 4.79 Å². The molecular weight excluding hydrogens is 484 g/mol. The number of rotatable bonds is 4. The molecule has 2 fully saturated rings. The van der Waals surface area contributed by atoms with Crippen LogP contribution in [0.2, 0.25) is 0 Å². The number of amides is 1. The Morgan fingerprint density at radius 1 is 1.11 bits per heavy atom. The van der Waals surface area contributed by atoms with Gasteiger partial charge in [-0.2, -0.15) is 0 Å². The lowest BCUT2D eigenvalue weighted by Crippen LogP contribution is -2.50. The second-order valence-electron chi connectivity index (χ2n) is 10.5. The molecule has 4 aliphatic rings. The number of nitrogens with zero attached hydrogens (tertiary/aromatic N) is 1. The number of ether oxygens (including phenoxy) is 4. The van der Waals surface area contributed by atoms with Crippen LogP contribution in [0.5, 0.6) is 11.5 Å². The highest BCUT2D eigenvalue weighted by atomic mass is 32.2. The third-order valence-corrected chi connectivity index (χ3v) is 7.94. The minimum absolute atomic E-state index is 0.0542. The van der Waals surface area contributed by atoms with Crippen LogP contribution in [0.15, 0.2) is 18.2 Å². The fraction of sp³-hybridized carbons (Fsp3) is 0.731. The van der Waals surface area contributed by atoms with E-state index in [0.29, 0.717) is 25.4 Å². The summed E-state index contributed by atoms with van der Waals surface area (Å²) in [7, 11) is -3.44. The molecule has 9 nitrogen and oxygen atoms in total. The summed E-state index contributed by atoms with van der Waals surface area (Å²) in [5, 5.41) is 0. The largest absolute Gasteiger partial charge is 0.493 e. The lowest BCUT2D eigenvalue weighted by atomic mass is 9.82. The predicted octanol–water partition coefficient (Wildman–Crippen LogP) is 3.82. The smallest absolute Gasteiger partial charge is 0.410 e. The summed E-state index contributed by atoms with van der Waals surface area (Å²) >= 11 is 0. The lowest BCUT2D eigenvalue weighted by molar-refractivity contribution is -0.0107. The zero-order valence-electron chi connectivity index (χ0n) is 21.8. The van der Waals surface area contributed by atoms with E-state index in [0.717, 1.165) is 43.4 Å². The molecule has 1 N–H and O–H groups in total. The van der Waals surface area contributed by atoms with Crippen LogP contribution in [-0.2, 0) is 19.5 Å². The quantitative estimate of drug-likeness (QED) is 0.639. The molecule has 1 saturated carbocycles. The summed E-state index contributed by atoms with van der Waals surface area (Å²) in [5.41, 5.74) is 1.17. The molecule has 1 saturated heterocycles. The van der Waals surface area contributed by atoms with Gasteiger partial charge in [-0.05, 0) is 77.0 Å². The van der Waals surface area contributed by atoms with E-state index < -0.39 is 28.2 Å². The summed E-state index contributed by atoms with van der Waals surface area (Å²) in [6, 6.07) is 5.01. The molecule has 1 aromatic rings. The first-order valence-corrected chi connectivity index (χ1v) is 15.0. The molecule has 3 unspecified atom stereocenters. The summed E-state index contributed by atoms with van der Waals surface area (Å²) in [4.78, 5) is 14.7. The van der Waals surface area contributed by atoms with Gasteiger partial charge < -0.3 is 18.9 Å². The molecule has 1 aromatic carbocycles. The number of carbonyl (C=O) groups excluding carboxylic acids is 1. The molecule has 3 aliphatic heterocycles. The Morgan fingerprint density at radius 3 is 2.53 bits per heavy atom. The van der Waals surface area contributed by atoms with Crippen LogP contribution in [0.25, 0.3) is 0 Å². The van der Waals surface area contributed by atoms with Crippen molar-refractivity contribution < 1.29 is 32.2 Å². The van der Waals surface area contributed by atoms with Crippen molar-refractivity contribution in [2.75, 3.05) is 26.1 Å². The van der Waals surface area contributed by atoms with Crippen molar-refractivity contribution >= 4 is 16.1 Å². The molecule has 36 heavy (non-hydrogen) atoms.